The summed E-state index contributed by atoms with van der Waals surface area (Å²) in [6.07, 6.45) is 0. The van der Waals surface area contributed by atoms with Crippen LogP contribution >= 0.6 is 0 Å². The van der Waals surface area contributed by atoms with Crippen LogP contribution < -0.4 is 15.4 Å². The van der Waals surface area contributed by atoms with Crippen LogP contribution in [0.3, 0.4) is 0 Å². The van der Waals surface area contributed by atoms with Crippen molar-refractivity contribution in [2.75, 3.05) is 11.9 Å². The Morgan fingerprint density at radius 3 is 2.44 bits per heavy atom. The fraction of sp³-hybridized carbons (Fsp3) is 0.417. The van der Waals surface area contributed by atoms with Crippen LogP contribution in [0.1, 0.15) is 13.8 Å². The van der Waals surface area contributed by atoms with Crippen molar-refractivity contribution in [3.8, 4) is 5.75 Å². The summed E-state index contributed by atoms with van der Waals surface area (Å²) in [6, 6.07) is 5.59. The molecular formula is C12H16F2N2O2. The minimum Gasteiger partial charge on any atom is -0.435 e. The van der Waals surface area contributed by atoms with E-state index < -0.39 is 12.7 Å². The van der Waals surface area contributed by atoms with Gasteiger partial charge in [0.2, 0.25) is 5.91 Å². The normalized spacial score (nSPS) is 12.1. The molecule has 0 spiro atoms. The lowest BCUT2D eigenvalue weighted by Gasteiger charge is -2.14. The van der Waals surface area contributed by atoms with E-state index in [1.54, 1.807) is 19.1 Å². The van der Waals surface area contributed by atoms with Crippen molar-refractivity contribution in [2.24, 2.45) is 0 Å². The highest BCUT2D eigenvalue weighted by Crippen LogP contribution is 2.18. The number of halogens is 2. The summed E-state index contributed by atoms with van der Waals surface area (Å²) < 4.78 is 28.1. The van der Waals surface area contributed by atoms with Crippen LogP contribution in [-0.4, -0.2) is 25.1 Å². The number of anilines is 1. The molecule has 2 N–H and O–H groups in total. The second-order valence-corrected chi connectivity index (χ2v) is 3.66. The molecule has 0 fully saturated rings. The summed E-state index contributed by atoms with van der Waals surface area (Å²) in [5.74, 6) is -0.0355. The Labute approximate surface area is 104 Å². The van der Waals surface area contributed by atoms with Crippen molar-refractivity contribution in [1.82, 2.24) is 5.32 Å². The van der Waals surface area contributed by atoms with E-state index in [1.165, 1.54) is 12.1 Å². The Morgan fingerprint density at radius 1 is 1.33 bits per heavy atom. The van der Waals surface area contributed by atoms with Crippen LogP contribution in [0.25, 0.3) is 0 Å². The average Bonchev–Trinajstić information content (AvgIpc) is 2.31. The number of amides is 1. The zero-order chi connectivity index (χ0) is 13.5. The van der Waals surface area contributed by atoms with Gasteiger partial charge >= 0.3 is 6.61 Å². The molecule has 1 aromatic rings. The third kappa shape index (κ3) is 4.57. The monoisotopic (exact) mass is 258 g/mol. The van der Waals surface area contributed by atoms with Crippen molar-refractivity contribution < 1.29 is 18.3 Å². The Morgan fingerprint density at radius 2 is 1.94 bits per heavy atom. The highest BCUT2D eigenvalue weighted by Gasteiger charge is 2.11. The summed E-state index contributed by atoms with van der Waals surface area (Å²) in [7, 11) is 0. The van der Waals surface area contributed by atoms with E-state index in [9.17, 15) is 13.6 Å². The van der Waals surface area contributed by atoms with Gasteiger partial charge in [-0.2, -0.15) is 8.78 Å². The van der Waals surface area contributed by atoms with Crippen LogP contribution in [0.4, 0.5) is 14.5 Å². The Kier molecular flexibility index (Phi) is 5.35. The van der Waals surface area contributed by atoms with Crippen molar-refractivity contribution in [3.05, 3.63) is 24.3 Å². The summed E-state index contributed by atoms with van der Waals surface area (Å²) in [6.45, 7) is 1.28. The first-order valence-electron chi connectivity index (χ1n) is 5.62. The van der Waals surface area contributed by atoms with Gasteiger partial charge in [-0.3, -0.25) is 4.79 Å². The Hall–Kier alpha value is -1.85. The lowest BCUT2D eigenvalue weighted by Crippen LogP contribution is -2.37. The van der Waals surface area contributed by atoms with Crippen molar-refractivity contribution in [2.45, 2.75) is 26.5 Å². The number of alkyl halides is 2. The number of hydrogen-bond acceptors (Lipinski definition) is 3. The molecule has 0 aliphatic heterocycles. The summed E-state index contributed by atoms with van der Waals surface area (Å²) in [4.78, 5) is 11.5. The SMILES string of the molecule is CCNC(=O)C(C)Nc1ccc(OC(F)F)cc1. The number of hydrogen-bond donors (Lipinski definition) is 2. The second-order valence-electron chi connectivity index (χ2n) is 3.66. The minimum absolute atomic E-state index is 0.0845. The van der Waals surface area contributed by atoms with Gasteiger partial charge in [0, 0.05) is 12.2 Å². The molecule has 0 saturated heterocycles. The molecule has 0 saturated carbocycles. The average molecular weight is 258 g/mol. The van der Waals surface area contributed by atoms with Crippen molar-refractivity contribution in [3.63, 3.8) is 0 Å². The van der Waals surface area contributed by atoms with Crippen molar-refractivity contribution >= 4 is 11.6 Å². The molecule has 0 aromatic heterocycles. The van der Waals surface area contributed by atoms with E-state index in [2.05, 4.69) is 15.4 Å². The third-order valence-electron chi connectivity index (χ3n) is 2.21. The van der Waals surface area contributed by atoms with E-state index in [0.29, 0.717) is 12.2 Å². The first-order chi connectivity index (χ1) is 8.52. The highest BCUT2D eigenvalue weighted by atomic mass is 19.3. The predicted octanol–water partition coefficient (Wildman–Crippen LogP) is 2.22. The predicted molar refractivity (Wildman–Crippen MR) is 64.8 cm³/mol. The van der Waals surface area contributed by atoms with Crippen molar-refractivity contribution in [1.29, 1.82) is 0 Å². The number of likely N-dealkylation sites (N-methyl/N-ethyl adjacent to an activating group) is 1. The van der Waals surface area contributed by atoms with E-state index in [4.69, 9.17) is 0 Å². The molecule has 6 heteroatoms. The zero-order valence-electron chi connectivity index (χ0n) is 10.2. The number of rotatable bonds is 6. The first kappa shape index (κ1) is 14.2. The molecule has 0 aliphatic rings. The fourth-order valence-corrected chi connectivity index (χ4v) is 1.38. The van der Waals surface area contributed by atoms with Gasteiger partial charge in [0.15, 0.2) is 0 Å². The molecule has 1 atom stereocenters. The van der Waals surface area contributed by atoms with Crippen LogP contribution in [0.5, 0.6) is 5.75 Å². The maximum Gasteiger partial charge on any atom is 0.387 e. The molecule has 1 amide bonds. The molecule has 0 bridgehead atoms. The zero-order valence-corrected chi connectivity index (χ0v) is 10.2. The van der Waals surface area contributed by atoms with Gasteiger partial charge in [0.25, 0.3) is 0 Å². The third-order valence-corrected chi connectivity index (χ3v) is 2.21. The van der Waals surface area contributed by atoms with E-state index in [1.807, 2.05) is 6.92 Å². The summed E-state index contributed by atoms with van der Waals surface area (Å²) in [5, 5.41) is 5.63. The molecule has 1 aromatic carbocycles. The van der Waals surface area contributed by atoms with E-state index >= 15 is 0 Å². The van der Waals surface area contributed by atoms with Crippen LogP contribution in [0.15, 0.2) is 24.3 Å². The van der Waals surface area contributed by atoms with Crippen LogP contribution in [-0.2, 0) is 4.79 Å². The quantitative estimate of drug-likeness (QED) is 0.822. The van der Waals surface area contributed by atoms with Gasteiger partial charge in [-0.25, -0.2) is 0 Å². The van der Waals surface area contributed by atoms with Gasteiger partial charge in [0.05, 0.1) is 0 Å². The molecule has 4 nitrogen and oxygen atoms in total. The summed E-state index contributed by atoms with van der Waals surface area (Å²) >= 11 is 0. The largest absolute Gasteiger partial charge is 0.435 e. The maximum absolute atomic E-state index is 11.9. The smallest absolute Gasteiger partial charge is 0.387 e. The lowest BCUT2D eigenvalue weighted by atomic mass is 10.2. The number of carbonyl (C=O) groups is 1. The van der Waals surface area contributed by atoms with Gasteiger partial charge in [-0.05, 0) is 38.1 Å². The molecule has 100 valence electrons. The minimum atomic E-state index is -2.84. The number of ether oxygens (including phenoxy) is 1. The fourth-order valence-electron chi connectivity index (χ4n) is 1.38. The first-order valence-corrected chi connectivity index (χ1v) is 5.62. The summed E-state index contributed by atoms with van der Waals surface area (Å²) in [5.41, 5.74) is 0.662. The number of carbonyl (C=O) groups excluding carboxylic acids is 1. The molecule has 0 radical (unpaired) electrons. The van der Waals surface area contributed by atoms with Gasteiger partial charge in [0.1, 0.15) is 11.8 Å². The van der Waals surface area contributed by atoms with Gasteiger partial charge < -0.3 is 15.4 Å². The highest BCUT2D eigenvalue weighted by molar-refractivity contribution is 5.84. The molecule has 18 heavy (non-hydrogen) atoms. The molecule has 1 unspecified atom stereocenters. The number of nitrogens with one attached hydrogen (secondary N) is 2. The molecule has 0 heterocycles. The molecule has 1 rings (SSSR count). The molecular weight excluding hydrogens is 242 g/mol. The maximum atomic E-state index is 11.9. The topological polar surface area (TPSA) is 50.4 Å². The van der Waals surface area contributed by atoms with Gasteiger partial charge in [-0.15, -0.1) is 0 Å². The van der Waals surface area contributed by atoms with Crippen LogP contribution in [0, 0.1) is 0 Å². The van der Waals surface area contributed by atoms with E-state index in [-0.39, 0.29) is 11.7 Å². The van der Waals surface area contributed by atoms with Crippen LogP contribution in [0.2, 0.25) is 0 Å². The Bertz CT molecular complexity index is 382. The standard InChI is InChI=1S/C12H16F2N2O2/c1-3-15-11(17)8(2)16-9-4-6-10(7-5-9)18-12(13)14/h4-8,12,16H,3H2,1-2H3,(H,15,17). The second kappa shape index (κ2) is 6.78. The van der Waals surface area contributed by atoms with Gasteiger partial charge in [-0.1, -0.05) is 0 Å². The lowest BCUT2D eigenvalue weighted by molar-refractivity contribution is -0.121. The number of benzene rings is 1. The molecule has 0 aliphatic carbocycles. The van der Waals surface area contributed by atoms with E-state index in [0.717, 1.165) is 0 Å². The Balaban J connectivity index is 2.55.